The minimum absolute atomic E-state index is 0.111. The van der Waals surface area contributed by atoms with Crippen molar-refractivity contribution in [2.45, 2.75) is 12.2 Å². The largest absolute Gasteiger partial charge is 0.480 e. The van der Waals surface area contributed by atoms with Crippen LogP contribution in [0.15, 0.2) is 18.2 Å². The predicted octanol–water partition coefficient (Wildman–Crippen LogP) is 1.61. The van der Waals surface area contributed by atoms with E-state index in [-0.39, 0.29) is 24.3 Å². The molecule has 1 unspecified atom stereocenters. The third-order valence-electron chi connectivity index (χ3n) is 2.57. The number of halogens is 2. The SMILES string of the molecule is OC(CCl)CNc1cccc(F)c1OC1COC1. The van der Waals surface area contributed by atoms with Crippen LogP contribution < -0.4 is 10.1 Å². The number of para-hydroxylation sites is 1. The molecule has 1 atom stereocenters. The first-order valence-electron chi connectivity index (χ1n) is 5.71. The van der Waals surface area contributed by atoms with Gasteiger partial charge in [-0.05, 0) is 12.1 Å². The summed E-state index contributed by atoms with van der Waals surface area (Å²) in [5.41, 5.74) is 0.506. The van der Waals surface area contributed by atoms with Crippen LogP contribution >= 0.6 is 11.6 Å². The molecule has 1 aliphatic heterocycles. The fourth-order valence-corrected chi connectivity index (χ4v) is 1.61. The topological polar surface area (TPSA) is 50.7 Å². The summed E-state index contributed by atoms with van der Waals surface area (Å²) < 4.78 is 24.2. The lowest BCUT2D eigenvalue weighted by Crippen LogP contribution is -2.39. The average Bonchev–Trinajstić information content (AvgIpc) is 2.32. The standard InChI is InChI=1S/C12H15ClFNO3/c13-4-8(16)5-15-11-3-1-2-10(14)12(11)18-9-6-17-7-9/h1-3,8-9,15-16H,4-7H2. The lowest BCUT2D eigenvalue weighted by Gasteiger charge is -2.28. The van der Waals surface area contributed by atoms with Crippen molar-refractivity contribution in [1.29, 1.82) is 0 Å². The minimum Gasteiger partial charge on any atom is -0.480 e. The highest BCUT2D eigenvalue weighted by molar-refractivity contribution is 6.18. The van der Waals surface area contributed by atoms with Gasteiger partial charge in [-0.1, -0.05) is 6.07 Å². The minimum atomic E-state index is -0.685. The van der Waals surface area contributed by atoms with Crippen LogP contribution in [-0.4, -0.2) is 43.0 Å². The van der Waals surface area contributed by atoms with Gasteiger partial charge in [0.1, 0.15) is 6.10 Å². The Labute approximate surface area is 110 Å². The third-order valence-corrected chi connectivity index (χ3v) is 2.92. The number of anilines is 1. The lowest BCUT2D eigenvalue weighted by molar-refractivity contribution is -0.0806. The number of nitrogens with one attached hydrogen (secondary N) is 1. The maximum absolute atomic E-state index is 13.7. The molecule has 0 saturated carbocycles. The van der Waals surface area contributed by atoms with Crippen LogP contribution in [0.1, 0.15) is 0 Å². The molecule has 1 aliphatic rings. The number of ether oxygens (including phenoxy) is 2. The second-order valence-corrected chi connectivity index (χ2v) is 4.39. The van der Waals surface area contributed by atoms with Crippen LogP contribution in [-0.2, 0) is 4.74 Å². The summed E-state index contributed by atoms with van der Waals surface area (Å²) >= 11 is 5.49. The second-order valence-electron chi connectivity index (χ2n) is 4.08. The van der Waals surface area contributed by atoms with E-state index >= 15 is 0 Å². The smallest absolute Gasteiger partial charge is 0.178 e. The molecule has 2 rings (SSSR count). The number of aliphatic hydroxyl groups is 1. The van der Waals surface area contributed by atoms with Crippen molar-refractivity contribution < 1.29 is 19.0 Å². The summed E-state index contributed by atoms with van der Waals surface area (Å²) in [5.74, 6) is -0.158. The van der Waals surface area contributed by atoms with E-state index in [1.165, 1.54) is 6.07 Å². The molecule has 18 heavy (non-hydrogen) atoms. The molecule has 0 aromatic heterocycles. The van der Waals surface area contributed by atoms with Crippen molar-refractivity contribution in [3.8, 4) is 5.75 Å². The van der Waals surface area contributed by atoms with Gasteiger partial charge in [-0.25, -0.2) is 4.39 Å². The van der Waals surface area contributed by atoms with E-state index < -0.39 is 11.9 Å². The van der Waals surface area contributed by atoms with Crippen molar-refractivity contribution >= 4 is 17.3 Å². The fourth-order valence-electron chi connectivity index (χ4n) is 1.50. The van der Waals surface area contributed by atoms with Crippen molar-refractivity contribution in [2.75, 3.05) is 31.0 Å². The molecular formula is C12H15ClFNO3. The van der Waals surface area contributed by atoms with Gasteiger partial charge in [-0.2, -0.15) is 0 Å². The molecule has 0 aliphatic carbocycles. The van der Waals surface area contributed by atoms with Gasteiger partial charge in [-0.3, -0.25) is 0 Å². The van der Waals surface area contributed by atoms with Gasteiger partial charge in [0.05, 0.1) is 30.9 Å². The number of hydrogen-bond donors (Lipinski definition) is 2. The van der Waals surface area contributed by atoms with Gasteiger partial charge in [-0.15, -0.1) is 11.6 Å². The van der Waals surface area contributed by atoms with Crippen molar-refractivity contribution in [1.82, 2.24) is 0 Å². The van der Waals surface area contributed by atoms with Gasteiger partial charge >= 0.3 is 0 Å². The Bertz CT molecular complexity index is 401. The predicted molar refractivity (Wildman–Crippen MR) is 66.9 cm³/mol. The molecule has 1 heterocycles. The summed E-state index contributed by atoms with van der Waals surface area (Å²) in [7, 11) is 0. The third kappa shape index (κ3) is 3.25. The first kappa shape index (κ1) is 13.4. The molecule has 1 fully saturated rings. The van der Waals surface area contributed by atoms with E-state index in [1.54, 1.807) is 12.1 Å². The van der Waals surface area contributed by atoms with Gasteiger partial charge in [0, 0.05) is 6.54 Å². The Morgan fingerprint density at radius 2 is 2.33 bits per heavy atom. The summed E-state index contributed by atoms with van der Waals surface area (Å²) in [6, 6.07) is 4.60. The van der Waals surface area contributed by atoms with Gasteiger partial charge < -0.3 is 19.9 Å². The highest BCUT2D eigenvalue weighted by Crippen LogP contribution is 2.29. The zero-order valence-corrected chi connectivity index (χ0v) is 10.5. The zero-order valence-electron chi connectivity index (χ0n) is 9.73. The highest BCUT2D eigenvalue weighted by Gasteiger charge is 2.23. The van der Waals surface area contributed by atoms with Crippen LogP contribution in [0.5, 0.6) is 5.75 Å². The molecule has 0 bridgehead atoms. The Kier molecular flexibility index (Phi) is 4.63. The Morgan fingerprint density at radius 1 is 1.56 bits per heavy atom. The van der Waals surface area contributed by atoms with Crippen LogP contribution in [0, 0.1) is 5.82 Å². The van der Waals surface area contributed by atoms with Crippen molar-refractivity contribution in [3.63, 3.8) is 0 Å². The van der Waals surface area contributed by atoms with E-state index in [0.717, 1.165) is 0 Å². The first-order valence-corrected chi connectivity index (χ1v) is 6.25. The quantitative estimate of drug-likeness (QED) is 0.775. The monoisotopic (exact) mass is 275 g/mol. The Hall–Kier alpha value is -1.04. The van der Waals surface area contributed by atoms with Gasteiger partial charge in [0.15, 0.2) is 11.6 Å². The molecule has 0 amide bonds. The highest BCUT2D eigenvalue weighted by atomic mass is 35.5. The van der Waals surface area contributed by atoms with Crippen LogP contribution in [0.2, 0.25) is 0 Å². The molecule has 0 spiro atoms. The maximum Gasteiger partial charge on any atom is 0.178 e. The Morgan fingerprint density at radius 3 is 2.94 bits per heavy atom. The van der Waals surface area contributed by atoms with Crippen molar-refractivity contribution in [3.05, 3.63) is 24.0 Å². The number of alkyl halides is 1. The molecule has 1 aromatic rings. The van der Waals surface area contributed by atoms with E-state index in [0.29, 0.717) is 18.9 Å². The number of rotatable bonds is 6. The van der Waals surface area contributed by atoms with Crippen LogP contribution in [0.4, 0.5) is 10.1 Å². The first-order chi connectivity index (χ1) is 8.70. The van der Waals surface area contributed by atoms with Crippen molar-refractivity contribution in [2.24, 2.45) is 0 Å². The van der Waals surface area contributed by atoms with Gasteiger partial charge in [0.25, 0.3) is 0 Å². The molecule has 1 aromatic carbocycles. The van der Waals surface area contributed by atoms with E-state index in [2.05, 4.69) is 5.32 Å². The van der Waals surface area contributed by atoms with E-state index in [9.17, 15) is 9.50 Å². The molecule has 0 radical (unpaired) electrons. The summed E-state index contributed by atoms with van der Waals surface area (Å²) in [6.45, 7) is 1.18. The second kappa shape index (κ2) is 6.22. The average molecular weight is 276 g/mol. The Balaban J connectivity index is 2.04. The normalized spacial score (nSPS) is 17.1. The molecule has 100 valence electrons. The number of hydrogen-bond acceptors (Lipinski definition) is 4. The summed E-state index contributed by atoms with van der Waals surface area (Å²) in [5, 5.41) is 12.3. The molecule has 4 nitrogen and oxygen atoms in total. The lowest BCUT2D eigenvalue weighted by atomic mass is 10.2. The summed E-state index contributed by atoms with van der Waals surface area (Å²) in [4.78, 5) is 0. The number of benzene rings is 1. The maximum atomic E-state index is 13.7. The molecule has 2 N–H and O–H groups in total. The zero-order chi connectivity index (χ0) is 13.0. The molecule has 6 heteroatoms. The van der Waals surface area contributed by atoms with Gasteiger partial charge in [0.2, 0.25) is 0 Å². The number of aliphatic hydroxyl groups excluding tert-OH is 1. The molecular weight excluding hydrogens is 261 g/mol. The summed E-state index contributed by atoms with van der Waals surface area (Å²) in [6.07, 6.45) is -0.796. The van der Waals surface area contributed by atoms with Crippen LogP contribution in [0.3, 0.4) is 0 Å². The fraction of sp³-hybridized carbons (Fsp3) is 0.500. The molecule has 1 saturated heterocycles. The van der Waals surface area contributed by atoms with E-state index in [4.69, 9.17) is 21.1 Å². The van der Waals surface area contributed by atoms with Crippen LogP contribution in [0.25, 0.3) is 0 Å². The van der Waals surface area contributed by atoms with E-state index in [1.807, 2.05) is 0 Å².